The van der Waals surface area contributed by atoms with E-state index in [1.807, 2.05) is 0 Å². The van der Waals surface area contributed by atoms with Gasteiger partial charge in [0.15, 0.2) is 11.6 Å². The van der Waals surface area contributed by atoms with Crippen LogP contribution in [0.2, 0.25) is 0 Å². The number of nitrogens with one attached hydrogen (secondary N) is 2. The van der Waals surface area contributed by atoms with Gasteiger partial charge >= 0.3 is 0 Å². The Morgan fingerprint density at radius 3 is 2.84 bits per heavy atom. The fourth-order valence-electron chi connectivity index (χ4n) is 2.06. The van der Waals surface area contributed by atoms with Crippen LogP contribution >= 0.6 is 0 Å². The smallest absolute Gasteiger partial charge is 0.241 e. The van der Waals surface area contributed by atoms with Gasteiger partial charge in [0.1, 0.15) is 0 Å². The SMILES string of the molecule is COc1ccc(NC(=O)C2CC(OC)CN2)cc1F. The van der Waals surface area contributed by atoms with Crippen molar-refractivity contribution in [1.29, 1.82) is 0 Å². The number of carbonyl (C=O) groups is 1. The zero-order valence-corrected chi connectivity index (χ0v) is 10.9. The molecule has 1 fully saturated rings. The largest absolute Gasteiger partial charge is 0.494 e. The average Bonchev–Trinajstić information content (AvgIpc) is 2.88. The van der Waals surface area contributed by atoms with Crippen molar-refractivity contribution in [2.24, 2.45) is 0 Å². The van der Waals surface area contributed by atoms with Gasteiger partial charge in [-0.15, -0.1) is 0 Å². The zero-order chi connectivity index (χ0) is 13.8. The van der Waals surface area contributed by atoms with Crippen molar-refractivity contribution < 1.29 is 18.7 Å². The minimum absolute atomic E-state index is 0.0448. The minimum atomic E-state index is -0.505. The van der Waals surface area contributed by atoms with Crippen LogP contribution in [0.1, 0.15) is 6.42 Å². The van der Waals surface area contributed by atoms with E-state index in [0.29, 0.717) is 18.7 Å². The number of amides is 1. The monoisotopic (exact) mass is 268 g/mol. The molecule has 0 aromatic heterocycles. The van der Waals surface area contributed by atoms with Gasteiger partial charge in [-0.25, -0.2) is 4.39 Å². The summed E-state index contributed by atoms with van der Waals surface area (Å²) in [5, 5.41) is 5.73. The number of rotatable bonds is 4. The molecule has 1 heterocycles. The maximum absolute atomic E-state index is 13.5. The highest BCUT2D eigenvalue weighted by Crippen LogP contribution is 2.21. The molecule has 0 aliphatic carbocycles. The number of hydrogen-bond acceptors (Lipinski definition) is 4. The van der Waals surface area contributed by atoms with Crippen LogP contribution in [0.25, 0.3) is 0 Å². The molecule has 2 N–H and O–H groups in total. The second kappa shape index (κ2) is 5.99. The molecule has 1 saturated heterocycles. The van der Waals surface area contributed by atoms with E-state index in [4.69, 9.17) is 9.47 Å². The zero-order valence-electron chi connectivity index (χ0n) is 10.9. The predicted octanol–water partition coefficient (Wildman–Crippen LogP) is 1.15. The Morgan fingerprint density at radius 2 is 2.26 bits per heavy atom. The van der Waals surface area contributed by atoms with Gasteiger partial charge in [0.2, 0.25) is 5.91 Å². The summed E-state index contributed by atoms with van der Waals surface area (Å²) in [6.07, 6.45) is 0.657. The first-order valence-electron chi connectivity index (χ1n) is 6.04. The average molecular weight is 268 g/mol. The Hall–Kier alpha value is -1.66. The summed E-state index contributed by atoms with van der Waals surface area (Å²) in [6, 6.07) is 4.00. The molecule has 0 spiro atoms. The van der Waals surface area contributed by atoms with Crippen molar-refractivity contribution >= 4 is 11.6 Å². The third kappa shape index (κ3) is 3.21. The standard InChI is InChI=1S/C13H17FN2O3/c1-18-9-6-11(15-7-9)13(17)16-8-3-4-12(19-2)10(14)5-8/h3-5,9,11,15H,6-7H2,1-2H3,(H,16,17). The number of hydrogen-bond donors (Lipinski definition) is 2. The molecule has 1 aliphatic heterocycles. The normalized spacial score (nSPS) is 22.3. The first-order valence-corrected chi connectivity index (χ1v) is 6.04. The lowest BCUT2D eigenvalue weighted by atomic mass is 10.2. The molecule has 0 saturated carbocycles. The van der Waals surface area contributed by atoms with E-state index in [1.54, 1.807) is 13.2 Å². The highest BCUT2D eigenvalue weighted by molar-refractivity contribution is 5.95. The van der Waals surface area contributed by atoms with Crippen molar-refractivity contribution in [2.75, 3.05) is 26.1 Å². The molecule has 1 aliphatic rings. The van der Waals surface area contributed by atoms with Gasteiger partial charge < -0.3 is 20.1 Å². The fourth-order valence-corrected chi connectivity index (χ4v) is 2.06. The van der Waals surface area contributed by atoms with E-state index < -0.39 is 5.82 Å². The van der Waals surface area contributed by atoms with E-state index in [2.05, 4.69) is 10.6 Å². The second-order valence-corrected chi connectivity index (χ2v) is 4.39. The van der Waals surface area contributed by atoms with Gasteiger partial charge in [0.25, 0.3) is 0 Å². The van der Waals surface area contributed by atoms with Gasteiger partial charge in [0.05, 0.1) is 19.3 Å². The van der Waals surface area contributed by atoms with Gasteiger partial charge in [-0.05, 0) is 18.6 Å². The van der Waals surface area contributed by atoms with Crippen LogP contribution in [0.3, 0.4) is 0 Å². The van der Waals surface area contributed by atoms with E-state index in [-0.39, 0.29) is 23.8 Å². The maximum atomic E-state index is 13.5. The van der Waals surface area contributed by atoms with Gasteiger partial charge in [-0.1, -0.05) is 0 Å². The summed E-state index contributed by atoms with van der Waals surface area (Å²) in [5.74, 6) is -0.546. The molecule has 2 unspecified atom stereocenters. The maximum Gasteiger partial charge on any atom is 0.241 e. The summed E-state index contributed by atoms with van der Waals surface area (Å²) in [6.45, 7) is 0.644. The van der Waals surface area contributed by atoms with Crippen molar-refractivity contribution in [3.63, 3.8) is 0 Å². The van der Waals surface area contributed by atoms with Crippen LogP contribution in [-0.2, 0) is 9.53 Å². The first-order chi connectivity index (χ1) is 9.13. The molecule has 2 rings (SSSR count). The van der Waals surface area contributed by atoms with Crippen LogP contribution in [0.4, 0.5) is 10.1 Å². The third-order valence-corrected chi connectivity index (χ3v) is 3.16. The highest BCUT2D eigenvalue weighted by atomic mass is 19.1. The molecule has 1 aromatic rings. The quantitative estimate of drug-likeness (QED) is 0.860. The number of carbonyl (C=O) groups excluding carboxylic acids is 1. The molecule has 1 aromatic carbocycles. The first kappa shape index (κ1) is 13.8. The molecule has 19 heavy (non-hydrogen) atoms. The van der Waals surface area contributed by atoms with Crippen molar-refractivity contribution in [2.45, 2.75) is 18.6 Å². The lowest BCUT2D eigenvalue weighted by Crippen LogP contribution is -2.35. The summed E-state index contributed by atoms with van der Waals surface area (Å²) in [7, 11) is 3.01. The Kier molecular flexibility index (Phi) is 4.34. The Bertz CT molecular complexity index is 467. The molecule has 5 nitrogen and oxygen atoms in total. The number of halogens is 1. The Morgan fingerprint density at radius 1 is 1.47 bits per heavy atom. The van der Waals surface area contributed by atoms with E-state index in [0.717, 1.165) is 0 Å². The lowest BCUT2D eigenvalue weighted by Gasteiger charge is -2.12. The van der Waals surface area contributed by atoms with E-state index >= 15 is 0 Å². The minimum Gasteiger partial charge on any atom is -0.494 e. The fraction of sp³-hybridized carbons (Fsp3) is 0.462. The predicted molar refractivity (Wildman–Crippen MR) is 68.8 cm³/mol. The molecule has 1 amide bonds. The van der Waals surface area contributed by atoms with Crippen molar-refractivity contribution in [1.82, 2.24) is 5.32 Å². The number of ether oxygens (including phenoxy) is 2. The molecule has 0 bridgehead atoms. The molecular formula is C13H17FN2O3. The second-order valence-electron chi connectivity index (χ2n) is 4.39. The highest BCUT2D eigenvalue weighted by Gasteiger charge is 2.29. The third-order valence-electron chi connectivity index (χ3n) is 3.16. The number of anilines is 1. The summed E-state index contributed by atoms with van der Waals surface area (Å²) < 4.78 is 23.5. The summed E-state index contributed by atoms with van der Waals surface area (Å²) in [5.41, 5.74) is 0.408. The van der Waals surface area contributed by atoms with Gasteiger partial charge in [0, 0.05) is 25.4 Å². The Balaban J connectivity index is 1.97. The van der Waals surface area contributed by atoms with Crippen molar-refractivity contribution in [3.8, 4) is 5.75 Å². The lowest BCUT2D eigenvalue weighted by molar-refractivity contribution is -0.118. The Labute approximate surface area is 111 Å². The van der Waals surface area contributed by atoms with Crippen LogP contribution in [-0.4, -0.2) is 38.8 Å². The van der Waals surface area contributed by atoms with Crippen LogP contribution < -0.4 is 15.4 Å². The van der Waals surface area contributed by atoms with E-state index in [9.17, 15) is 9.18 Å². The van der Waals surface area contributed by atoms with Crippen molar-refractivity contribution in [3.05, 3.63) is 24.0 Å². The van der Waals surface area contributed by atoms with Crippen LogP contribution in [0.5, 0.6) is 5.75 Å². The topological polar surface area (TPSA) is 59.6 Å². The number of benzene rings is 1. The van der Waals surface area contributed by atoms with Crippen LogP contribution in [0, 0.1) is 5.82 Å². The van der Waals surface area contributed by atoms with Gasteiger partial charge in [-0.3, -0.25) is 4.79 Å². The van der Waals surface area contributed by atoms with Gasteiger partial charge in [-0.2, -0.15) is 0 Å². The molecular weight excluding hydrogens is 251 g/mol. The molecule has 2 atom stereocenters. The molecule has 6 heteroatoms. The summed E-state index contributed by atoms with van der Waals surface area (Å²) in [4.78, 5) is 12.0. The number of methoxy groups -OCH3 is 2. The molecule has 0 radical (unpaired) electrons. The van der Waals surface area contributed by atoms with Crippen LogP contribution in [0.15, 0.2) is 18.2 Å². The molecule has 104 valence electrons. The summed E-state index contributed by atoms with van der Waals surface area (Å²) >= 11 is 0. The van der Waals surface area contributed by atoms with E-state index in [1.165, 1.54) is 19.2 Å².